The standard InChI is InChI=1S/C18H17N3/c1-19-18(17-13-20-11-12-21-17)16-9-7-15(8-10-16)14-5-3-2-4-6-14/h2-13,18-19H,1H3. The van der Waals surface area contributed by atoms with Gasteiger partial charge in [-0.05, 0) is 23.7 Å². The molecular weight excluding hydrogens is 258 g/mol. The van der Waals surface area contributed by atoms with E-state index in [-0.39, 0.29) is 6.04 Å². The van der Waals surface area contributed by atoms with Gasteiger partial charge in [0.25, 0.3) is 0 Å². The van der Waals surface area contributed by atoms with Crippen LogP contribution in [0.3, 0.4) is 0 Å². The summed E-state index contributed by atoms with van der Waals surface area (Å²) in [6.07, 6.45) is 5.21. The van der Waals surface area contributed by atoms with Gasteiger partial charge >= 0.3 is 0 Å². The lowest BCUT2D eigenvalue weighted by atomic mass is 9.99. The summed E-state index contributed by atoms with van der Waals surface area (Å²) < 4.78 is 0. The molecule has 3 heteroatoms. The highest BCUT2D eigenvalue weighted by Gasteiger charge is 2.13. The molecule has 1 atom stereocenters. The fourth-order valence-electron chi connectivity index (χ4n) is 2.44. The third-order valence-corrected chi connectivity index (χ3v) is 3.52. The van der Waals surface area contributed by atoms with Crippen molar-refractivity contribution in [1.82, 2.24) is 15.3 Å². The Labute approximate surface area is 124 Å². The Morgan fingerprint density at radius 2 is 1.57 bits per heavy atom. The van der Waals surface area contributed by atoms with Crippen LogP contribution in [0.5, 0.6) is 0 Å². The second-order valence-electron chi connectivity index (χ2n) is 4.84. The molecule has 21 heavy (non-hydrogen) atoms. The highest BCUT2D eigenvalue weighted by atomic mass is 14.9. The zero-order valence-corrected chi connectivity index (χ0v) is 11.9. The van der Waals surface area contributed by atoms with E-state index in [1.165, 1.54) is 16.7 Å². The summed E-state index contributed by atoms with van der Waals surface area (Å²) in [5.74, 6) is 0. The van der Waals surface area contributed by atoms with Crippen molar-refractivity contribution in [3.05, 3.63) is 84.4 Å². The molecule has 3 rings (SSSR count). The van der Waals surface area contributed by atoms with Crippen molar-refractivity contribution in [3.63, 3.8) is 0 Å². The van der Waals surface area contributed by atoms with E-state index in [4.69, 9.17) is 0 Å². The van der Waals surface area contributed by atoms with Crippen LogP contribution in [-0.2, 0) is 0 Å². The fourth-order valence-corrected chi connectivity index (χ4v) is 2.44. The molecule has 3 nitrogen and oxygen atoms in total. The van der Waals surface area contributed by atoms with Crippen molar-refractivity contribution in [2.24, 2.45) is 0 Å². The van der Waals surface area contributed by atoms with Crippen molar-refractivity contribution >= 4 is 0 Å². The summed E-state index contributed by atoms with van der Waals surface area (Å²) in [5.41, 5.74) is 4.54. The van der Waals surface area contributed by atoms with Gasteiger partial charge in [0, 0.05) is 12.4 Å². The van der Waals surface area contributed by atoms with Crippen LogP contribution in [0.2, 0.25) is 0 Å². The normalized spacial score (nSPS) is 12.0. The van der Waals surface area contributed by atoms with E-state index in [0.29, 0.717) is 0 Å². The zero-order valence-electron chi connectivity index (χ0n) is 11.9. The van der Waals surface area contributed by atoms with E-state index in [1.807, 2.05) is 13.1 Å². The minimum Gasteiger partial charge on any atom is -0.308 e. The highest BCUT2D eigenvalue weighted by molar-refractivity contribution is 5.63. The lowest BCUT2D eigenvalue weighted by Gasteiger charge is -2.16. The molecule has 0 aliphatic rings. The fraction of sp³-hybridized carbons (Fsp3) is 0.111. The molecule has 1 N–H and O–H groups in total. The van der Waals surface area contributed by atoms with Gasteiger partial charge < -0.3 is 5.32 Å². The summed E-state index contributed by atoms with van der Waals surface area (Å²) in [5, 5.41) is 3.29. The Morgan fingerprint density at radius 1 is 0.857 bits per heavy atom. The molecule has 0 saturated carbocycles. The van der Waals surface area contributed by atoms with Crippen molar-refractivity contribution in [3.8, 4) is 11.1 Å². The predicted octanol–water partition coefficient (Wildman–Crippen LogP) is 3.45. The van der Waals surface area contributed by atoms with Crippen LogP contribution in [-0.4, -0.2) is 17.0 Å². The maximum Gasteiger partial charge on any atom is 0.0801 e. The molecule has 104 valence electrons. The number of aromatic nitrogens is 2. The van der Waals surface area contributed by atoms with E-state index in [2.05, 4.69) is 63.8 Å². The molecule has 1 aromatic heterocycles. The van der Waals surface area contributed by atoms with E-state index < -0.39 is 0 Å². The van der Waals surface area contributed by atoms with Gasteiger partial charge in [0.2, 0.25) is 0 Å². The molecule has 0 aliphatic carbocycles. The third kappa shape index (κ3) is 2.98. The molecule has 2 aromatic carbocycles. The first-order valence-electron chi connectivity index (χ1n) is 6.97. The van der Waals surface area contributed by atoms with Gasteiger partial charge in [-0.2, -0.15) is 0 Å². The first-order chi connectivity index (χ1) is 10.4. The zero-order chi connectivity index (χ0) is 14.5. The third-order valence-electron chi connectivity index (χ3n) is 3.52. The first kappa shape index (κ1) is 13.5. The van der Waals surface area contributed by atoms with Crippen LogP contribution in [0.15, 0.2) is 73.2 Å². The second-order valence-corrected chi connectivity index (χ2v) is 4.84. The van der Waals surface area contributed by atoms with Gasteiger partial charge in [0.1, 0.15) is 0 Å². The van der Waals surface area contributed by atoms with Crippen LogP contribution < -0.4 is 5.32 Å². The summed E-state index contributed by atoms with van der Waals surface area (Å²) in [6.45, 7) is 0. The molecule has 0 spiro atoms. The maximum absolute atomic E-state index is 4.38. The van der Waals surface area contributed by atoms with Gasteiger partial charge in [-0.3, -0.25) is 9.97 Å². The molecule has 0 bridgehead atoms. The Kier molecular flexibility index (Phi) is 4.03. The lowest BCUT2D eigenvalue weighted by Crippen LogP contribution is -2.18. The average molecular weight is 275 g/mol. The van der Waals surface area contributed by atoms with Crippen LogP contribution in [0, 0.1) is 0 Å². The van der Waals surface area contributed by atoms with E-state index >= 15 is 0 Å². The SMILES string of the molecule is CNC(c1ccc(-c2ccccc2)cc1)c1cnccn1. The highest BCUT2D eigenvalue weighted by Crippen LogP contribution is 2.24. The molecule has 0 amide bonds. The molecule has 3 aromatic rings. The average Bonchev–Trinajstić information content (AvgIpc) is 2.58. The summed E-state index contributed by atoms with van der Waals surface area (Å²) in [7, 11) is 1.93. The Balaban J connectivity index is 1.90. The first-order valence-corrected chi connectivity index (χ1v) is 6.97. The number of rotatable bonds is 4. The molecule has 0 fully saturated rings. The van der Waals surface area contributed by atoms with Gasteiger partial charge in [-0.1, -0.05) is 54.6 Å². The van der Waals surface area contributed by atoms with Crippen LogP contribution in [0.4, 0.5) is 0 Å². The molecule has 0 radical (unpaired) electrons. The smallest absolute Gasteiger partial charge is 0.0801 e. The summed E-state index contributed by atoms with van der Waals surface area (Å²) in [6, 6.07) is 19.0. The molecule has 1 heterocycles. The Morgan fingerprint density at radius 3 is 2.19 bits per heavy atom. The minimum atomic E-state index is 0.0588. The van der Waals surface area contributed by atoms with E-state index in [1.54, 1.807) is 18.6 Å². The van der Waals surface area contributed by atoms with Crippen LogP contribution in [0.25, 0.3) is 11.1 Å². The second kappa shape index (κ2) is 6.29. The van der Waals surface area contributed by atoms with Gasteiger partial charge in [0.15, 0.2) is 0 Å². The van der Waals surface area contributed by atoms with Gasteiger partial charge in [-0.15, -0.1) is 0 Å². The predicted molar refractivity (Wildman–Crippen MR) is 84.8 cm³/mol. The maximum atomic E-state index is 4.38. The molecule has 1 unspecified atom stereocenters. The summed E-state index contributed by atoms with van der Waals surface area (Å²) in [4.78, 5) is 8.52. The van der Waals surface area contributed by atoms with Gasteiger partial charge in [-0.25, -0.2) is 0 Å². The van der Waals surface area contributed by atoms with E-state index in [0.717, 1.165) is 5.69 Å². The quantitative estimate of drug-likeness (QED) is 0.792. The van der Waals surface area contributed by atoms with E-state index in [9.17, 15) is 0 Å². The molecule has 0 saturated heterocycles. The molecular formula is C18H17N3. The van der Waals surface area contributed by atoms with Crippen LogP contribution >= 0.6 is 0 Å². The lowest BCUT2D eigenvalue weighted by molar-refractivity contribution is 0.667. The van der Waals surface area contributed by atoms with Crippen molar-refractivity contribution in [1.29, 1.82) is 0 Å². The minimum absolute atomic E-state index is 0.0588. The van der Waals surface area contributed by atoms with Crippen LogP contribution in [0.1, 0.15) is 17.3 Å². The van der Waals surface area contributed by atoms with Crippen molar-refractivity contribution in [2.75, 3.05) is 7.05 Å². The van der Waals surface area contributed by atoms with Crippen molar-refractivity contribution < 1.29 is 0 Å². The monoisotopic (exact) mass is 275 g/mol. The number of nitrogens with zero attached hydrogens (tertiary/aromatic N) is 2. The Hall–Kier alpha value is -2.52. The summed E-state index contributed by atoms with van der Waals surface area (Å²) >= 11 is 0. The number of hydrogen-bond acceptors (Lipinski definition) is 3. The van der Waals surface area contributed by atoms with Gasteiger partial charge in [0.05, 0.1) is 17.9 Å². The number of benzene rings is 2. The largest absolute Gasteiger partial charge is 0.308 e. The topological polar surface area (TPSA) is 37.8 Å². The molecule has 0 aliphatic heterocycles. The Bertz CT molecular complexity index is 679. The van der Waals surface area contributed by atoms with Crippen molar-refractivity contribution in [2.45, 2.75) is 6.04 Å². The number of hydrogen-bond donors (Lipinski definition) is 1. The number of nitrogens with one attached hydrogen (secondary N) is 1.